The highest BCUT2D eigenvalue weighted by Crippen LogP contribution is 2.13. The van der Waals surface area contributed by atoms with Gasteiger partial charge in [-0.1, -0.05) is 12.5 Å². The summed E-state index contributed by atoms with van der Waals surface area (Å²) in [7, 11) is 0. The molecule has 0 aromatic heterocycles. The molecule has 64 valence electrons. The van der Waals surface area contributed by atoms with Crippen LogP contribution >= 0.6 is 0 Å². The van der Waals surface area contributed by atoms with Gasteiger partial charge in [-0.25, -0.2) is 0 Å². The highest BCUT2D eigenvalue weighted by atomic mass is 16.1. The summed E-state index contributed by atoms with van der Waals surface area (Å²) in [5.41, 5.74) is 7.43. The van der Waals surface area contributed by atoms with Gasteiger partial charge in [0.2, 0.25) is 0 Å². The summed E-state index contributed by atoms with van der Waals surface area (Å²) >= 11 is 0. The van der Waals surface area contributed by atoms with Crippen molar-refractivity contribution in [2.45, 2.75) is 27.7 Å². The monoisotopic (exact) mass is 155 g/mol. The molecule has 0 saturated heterocycles. The second kappa shape index (κ2) is 4.29. The fourth-order valence-corrected chi connectivity index (χ4v) is 0.824. The van der Waals surface area contributed by atoms with Crippen molar-refractivity contribution < 1.29 is 4.79 Å². The molecule has 0 aromatic rings. The lowest BCUT2D eigenvalue weighted by Crippen LogP contribution is -2.14. The molecular formula is C9H17NO. The largest absolute Gasteiger partial charge is 0.330 e. The van der Waals surface area contributed by atoms with Crippen LogP contribution in [0.15, 0.2) is 11.1 Å². The molecule has 1 atom stereocenters. The molecule has 0 aliphatic rings. The number of carbonyl (C=O) groups is 1. The van der Waals surface area contributed by atoms with Crippen LogP contribution in [-0.2, 0) is 4.79 Å². The molecule has 0 aliphatic carbocycles. The fourth-order valence-electron chi connectivity index (χ4n) is 0.824. The van der Waals surface area contributed by atoms with Crippen molar-refractivity contribution in [3.05, 3.63) is 11.1 Å². The van der Waals surface area contributed by atoms with E-state index in [4.69, 9.17) is 5.73 Å². The summed E-state index contributed by atoms with van der Waals surface area (Å²) in [6.07, 6.45) is 0. The highest BCUT2D eigenvalue weighted by molar-refractivity contribution is 5.93. The minimum absolute atomic E-state index is 0.141. The highest BCUT2D eigenvalue weighted by Gasteiger charge is 2.07. The standard InChI is InChI=1S/C9H17NO/c1-6(5-10)7(2)8(3)9(4)11/h6H,5,10H2,1-4H3/b8-7+/t6-/m1/s1. The normalized spacial score (nSPS) is 15.7. The molecule has 0 bridgehead atoms. The zero-order valence-corrected chi connectivity index (χ0v) is 7.77. The zero-order valence-electron chi connectivity index (χ0n) is 7.77. The maximum atomic E-state index is 10.9. The van der Waals surface area contributed by atoms with E-state index >= 15 is 0 Å². The Balaban J connectivity index is 4.51. The molecule has 0 aliphatic heterocycles. The molecule has 0 heterocycles. The van der Waals surface area contributed by atoms with Crippen LogP contribution in [0, 0.1) is 5.92 Å². The first-order chi connectivity index (χ1) is 5.00. The third-order valence-electron chi connectivity index (χ3n) is 2.21. The van der Waals surface area contributed by atoms with Gasteiger partial charge in [-0.05, 0) is 38.8 Å². The molecule has 0 unspecified atom stereocenters. The fraction of sp³-hybridized carbons (Fsp3) is 0.667. The van der Waals surface area contributed by atoms with Crippen LogP contribution < -0.4 is 5.73 Å². The third kappa shape index (κ3) is 2.85. The predicted molar refractivity (Wildman–Crippen MR) is 47.3 cm³/mol. The first kappa shape index (κ1) is 10.4. The van der Waals surface area contributed by atoms with Crippen molar-refractivity contribution >= 4 is 5.78 Å². The van der Waals surface area contributed by atoms with E-state index in [0.717, 1.165) is 11.1 Å². The molecule has 0 rings (SSSR count). The molecule has 0 amide bonds. The van der Waals surface area contributed by atoms with Gasteiger partial charge in [0.05, 0.1) is 0 Å². The summed E-state index contributed by atoms with van der Waals surface area (Å²) in [6, 6.07) is 0. The average Bonchev–Trinajstić information content (AvgIpc) is 2.00. The Morgan fingerprint density at radius 3 is 2.09 bits per heavy atom. The van der Waals surface area contributed by atoms with Gasteiger partial charge in [0.25, 0.3) is 0 Å². The summed E-state index contributed by atoms with van der Waals surface area (Å²) in [4.78, 5) is 10.9. The van der Waals surface area contributed by atoms with E-state index in [1.807, 2.05) is 20.8 Å². The number of nitrogens with two attached hydrogens (primary N) is 1. The number of ketones is 1. The number of allylic oxidation sites excluding steroid dienone is 1. The maximum Gasteiger partial charge on any atom is 0.155 e. The molecule has 0 radical (unpaired) electrons. The Kier molecular flexibility index (Phi) is 4.04. The minimum Gasteiger partial charge on any atom is -0.330 e. The van der Waals surface area contributed by atoms with E-state index in [2.05, 4.69) is 0 Å². The van der Waals surface area contributed by atoms with E-state index in [9.17, 15) is 4.79 Å². The van der Waals surface area contributed by atoms with Gasteiger partial charge in [0, 0.05) is 0 Å². The molecule has 2 nitrogen and oxygen atoms in total. The van der Waals surface area contributed by atoms with E-state index in [1.165, 1.54) is 0 Å². The lowest BCUT2D eigenvalue weighted by Gasteiger charge is -2.11. The Morgan fingerprint density at radius 2 is 1.82 bits per heavy atom. The number of Topliss-reactive ketones (excluding diaryl/α,β-unsaturated/α-hetero) is 1. The van der Waals surface area contributed by atoms with E-state index in [-0.39, 0.29) is 5.78 Å². The van der Waals surface area contributed by atoms with Gasteiger partial charge in [-0.2, -0.15) is 0 Å². The molecule has 2 N–H and O–H groups in total. The average molecular weight is 155 g/mol. The molecule has 0 fully saturated rings. The SMILES string of the molecule is CC(=O)/C(C)=C(\C)[C@H](C)CN. The Labute approximate surface area is 68.5 Å². The van der Waals surface area contributed by atoms with Crippen molar-refractivity contribution in [1.29, 1.82) is 0 Å². The van der Waals surface area contributed by atoms with Crippen LogP contribution in [0.3, 0.4) is 0 Å². The number of carbonyl (C=O) groups excluding carboxylic acids is 1. The predicted octanol–water partition coefficient (Wildman–Crippen LogP) is 1.51. The van der Waals surface area contributed by atoms with Gasteiger partial charge in [0.15, 0.2) is 5.78 Å². The van der Waals surface area contributed by atoms with Gasteiger partial charge in [-0.15, -0.1) is 0 Å². The van der Waals surface area contributed by atoms with Crippen LogP contribution in [-0.4, -0.2) is 12.3 Å². The third-order valence-corrected chi connectivity index (χ3v) is 2.21. The smallest absolute Gasteiger partial charge is 0.155 e. The Bertz CT molecular complexity index is 182. The molecule has 0 aromatic carbocycles. The Morgan fingerprint density at radius 1 is 1.36 bits per heavy atom. The molecule has 0 saturated carbocycles. The van der Waals surface area contributed by atoms with Crippen molar-refractivity contribution in [3.8, 4) is 0 Å². The van der Waals surface area contributed by atoms with Gasteiger partial charge >= 0.3 is 0 Å². The molecule has 2 heteroatoms. The van der Waals surface area contributed by atoms with Crippen molar-refractivity contribution in [3.63, 3.8) is 0 Å². The van der Waals surface area contributed by atoms with E-state index in [1.54, 1.807) is 6.92 Å². The molecule has 0 spiro atoms. The topological polar surface area (TPSA) is 43.1 Å². The number of hydrogen-bond donors (Lipinski definition) is 1. The molecule has 11 heavy (non-hydrogen) atoms. The van der Waals surface area contributed by atoms with E-state index < -0.39 is 0 Å². The lowest BCUT2D eigenvalue weighted by molar-refractivity contribution is -0.113. The van der Waals surface area contributed by atoms with Gasteiger partial charge in [-0.3, -0.25) is 4.79 Å². The van der Waals surface area contributed by atoms with Gasteiger partial charge < -0.3 is 5.73 Å². The van der Waals surface area contributed by atoms with Crippen molar-refractivity contribution in [2.75, 3.05) is 6.54 Å². The summed E-state index contributed by atoms with van der Waals surface area (Å²) < 4.78 is 0. The van der Waals surface area contributed by atoms with Crippen molar-refractivity contribution in [1.82, 2.24) is 0 Å². The second-order valence-electron chi connectivity index (χ2n) is 3.00. The lowest BCUT2D eigenvalue weighted by atomic mass is 9.96. The van der Waals surface area contributed by atoms with Crippen LogP contribution in [0.25, 0.3) is 0 Å². The van der Waals surface area contributed by atoms with Crippen LogP contribution in [0.1, 0.15) is 27.7 Å². The van der Waals surface area contributed by atoms with E-state index in [0.29, 0.717) is 12.5 Å². The Hall–Kier alpha value is -0.630. The van der Waals surface area contributed by atoms with Crippen LogP contribution in [0.4, 0.5) is 0 Å². The van der Waals surface area contributed by atoms with Gasteiger partial charge in [0.1, 0.15) is 0 Å². The maximum absolute atomic E-state index is 10.9. The zero-order chi connectivity index (χ0) is 9.02. The number of hydrogen-bond acceptors (Lipinski definition) is 2. The molecular weight excluding hydrogens is 138 g/mol. The van der Waals surface area contributed by atoms with Crippen LogP contribution in [0.2, 0.25) is 0 Å². The summed E-state index contributed by atoms with van der Waals surface area (Å²) in [5.74, 6) is 0.460. The summed E-state index contributed by atoms with van der Waals surface area (Å²) in [6.45, 7) is 8.04. The first-order valence-electron chi connectivity index (χ1n) is 3.89. The summed E-state index contributed by atoms with van der Waals surface area (Å²) in [5, 5.41) is 0. The minimum atomic E-state index is 0.141. The van der Waals surface area contributed by atoms with Crippen LogP contribution in [0.5, 0.6) is 0 Å². The van der Waals surface area contributed by atoms with Crippen molar-refractivity contribution in [2.24, 2.45) is 11.7 Å². The quantitative estimate of drug-likeness (QED) is 0.628. The first-order valence-corrected chi connectivity index (χ1v) is 3.89. The second-order valence-corrected chi connectivity index (χ2v) is 3.00. The number of rotatable bonds is 3.